The molecule has 39 heavy (non-hydrogen) atoms. The molecule has 3 unspecified atom stereocenters. The van der Waals surface area contributed by atoms with Gasteiger partial charge in [-0.15, -0.1) is 0 Å². The molecule has 0 heterocycles. The lowest BCUT2D eigenvalue weighted by atomic mass is 9.91. The number of carbonyl (C=O) groups is 1. The number of benzene rings is 2. The minimum atomic E-state index is -4.97. The number of methoxy groups -OCH3 is 1. The number of amides is 1. The highest BCUT2D eigenvalue weighted by atomic mass is 19.4. The Morgan fingerprint density at radius 2 is 1.62 bits per heavy atom. The standard InChI is InChI=1S/C27H31F7N2O3/c1-16(18-12-19(26(29,30)31)14-20(13-18)27(32,33)34)39-23-9-8-22(25(23)17-4-6-21(28)7-5-17)36(2)15-24(37)35-10-11-38-3/h4-7,12-14,16,22-23,25H,8-11,15H2,1-3H3,(H,35,37)/t16-,22?,23?,25?/m1/s1. The van der Waals surface area contributed by atoms with Crippen LogP contribution in [-0.4, -0.2) is 56.8 Å². The molecule has 216 valence electrons. The molecule has 0 aliphatic heterocycles. The minimum absolute atomic E-state index is 0.0386. The molecule has 5 nitrogen and oxygen atoms in total. The number of hydrogen-bond donors (Lipinski definition) is 1. The van der Waals surface area contributed by atoms with Crippen molar-refractivity contribution >= 4 is 5.91 Å². The number of alkyl halides is 6. The minimum Gasteiger partial charge on any atom is -0.383 e. The van der Waals surface area contributed by atoms with E-state index < -0.39 is 47.4 Å². The van der Waals surface area contributed by atoms with Crippen molar-refractivity contribution in [3.63, 3.8) is 0 Å². The second-order valence-corrected chi connectivity index (χ2v) is 9.64. The highest BCUT2D eigenvalue weighted by molar-refractivity contribution is 5.78. The molecule has 0 radical (unpaired) electrons. The highest BCUT2D eigenvalue weighted by Gasteiger charge is 2.42. The molecule has 12 heteroatoms. The van der Waals surface area contributed by atoms with Crippen LogP contribution in [0.5, 0.6) is 0 Å². The average molecular weight is 565 g/mol. The van der Waals surface area contributed by atoms with Crippen LogP contribution in [-0.2, 0) is 26.6 Å². The molecular weight excluding hydrogens is 533 g/mol. The van der Waals surface area contributed by atoms with Gasteiger partial charge in [0.1, 0.15) is 5.82 Å². The number of ether oxygens (including phenoxy) is 2. The Morgan fingerprint density at radius 3 is 2.15 bits per heavy atom. The van der Waals surface area contributed by atoms with E-state index in [4.69, 9.17) is 9.47 Å². The van der Waals surface area contributed by atoms with Crippen LogP contribution in [0, 0.1) is 5.82 Å². The number of rotatable bonds is 10. The van der Waals surface area contributed by atoms with Crippen LogP contribution in [0.25, 0.3) is 0 Å². The molecule has 0 aromatic heterocycles. The number of nitrogens with zero attached hydrogens (tertiary/aromatic N) is 1. The predicted molar refractivity (Wildman–Crippen MR) is 129 cm³/mol. The Kier molecular flexibility index (Phi) is 10.0. The van der Waals surface area contributed by atoms with Gasteiger partial charge in [0.2, 0.25) is 5.91 Å². The van der Waals surface area contributed by atoms with Gasteiger partial charge in [-0.25, -0.2) is 4.39 Å². The van der Waals surface area contributed by atoms with Crippen LogP contribution in [0.4, 0.5) is 30.7 Å². The quantitative estimate of drug-likeness (QED) is 0.286. The van der Waals surface area contributed by atoms with Crippen molar-refractivity contribution in [2.45, 2.75) is 56.3 Å². The lowest BCUT2D eigenvalue weighted by molar-refractivity contribution is -0.143. The second kappa shape index (κ2) is 12.6. The number of nitrogens with one attached hydrogen (secondary N) is 1. The second-order valence-electron chi connectivity index (χ2n) is 9.64. The van der Waals surface area contributed by atoms with Crippen molar-refractivity contribution in [3.05, 3.63) is 70.5 Å². The molecule has 1 fully saturated rings. The summed E-state index contributed by atoms with van der Waals surface area (Å²) in [7, 11) is 3.25. The fourth-order valence-electron chi connectivity index (χ4n) is 4.96. The molecule has 1 amide bonds. The molecule has 2 aromatic carbocycles. The summed E-state index contributed by atoms with van der Waals surface area (Å²) in [4.78, 5) is 14.2. The maximum absolute atomic E-state index is 13.7. The summed E-state index contributed by atoms with van der Waals surface area (Å²) in [6, 6.07) is 6.82. The van der Waals surface area contributed by atoms with Gasteiger partial charge >= 0.3 is 12.4 Å². The maximum atomic E-state index is 13.7. The van der Waals surface area contributed by atoms with Gasteiger partial charge in [-0.3, -0.25) is 9.69 Å². The third kappa shape index (κ3) is 8.15. The van der Waals surface area contributed by atoms with Gasteiger partial charge in [0, 0.05) is 25.6 Å². The van der Waals surface area contributed by atoms with E-state index in [1.807, 2.05) is 4.90 Å². The van der Waals surface area contributed by atoms with Crippen molar-refractivity contribution < 1.29 is 45.0 Å². The van der Waals surface area contributed by atoms with Crippen molar-refractivity contribution in [1.82, 2.24) is 10.2 Å². The predicted octanol–water partition coefficient (Wildman–Crippen LogP) is 5.95. The summed E-state index contributed by atoms with van der Waals surface area (Å²) in [5.74, 6) is -1.12. The zero-order valence-corrected chi connectivity index (χ0v) is 21.7. The molecule has 3 rings (SSSR count). The monoisotopic (exact) mass is 564 g/mol. The normalized spacial score (nSPS) is 20.8. The first-order chi connectivity index (χ1) is 18.2. The summed E-state index contributed by atoms with van der Waals surface area (Å²) in [6.07, 6.45) is -10.7. The largest absolute Gasteiger partial charge is 0.416 e. The fourth-order valence-corrected chi connectivity index (χ4v) is 4.96. The molecule has 4 atom stereocenters. The van der Waals surface area contributed by atoms with Gasteiger partial charge in [0.25, 0.3) is 0 Å². The maximum Gasteiger partial charge on any atom is 0.416 e. The van der Waals surface area contributed by atoms with E-state index in [1.165, 1.54) is 26.2 Å². The summed E-state index contributed by atoms with van der Waals surface area (Å²) < 4.78 is 105. The molecular formula is C27H31F7N2O3. The first-order valence-corrected chi connectivity index (χ1v) is 12.4. The van der Waals surface area contributed by atoms with Crippen molar-refractivity contribution in [3.8, 4) is 0 Å². The summed E-state index contributed by atoms with van der Waals surface area (Å²) in [5, 5.41) is 2.73. The Balaban J connectivity index is 1.87. The molecule has 1 aliphatic carbocycles. The van der Waals surface area contributed by atoms with Crippen molar-refractivity contribution in [2.75, 3.05) is 33.9 Å². The number of halogens is 7. The molecule has 0 spiro atoms. The van der Waals surface area contributed by atoms with E-state index >= 15 is 0 Å². The van der Waals surface area contributed by atoms with Gasteiger partial charge in [-0.05, 0) is 68.3 Å². The van der Waals surface area contributed by atoms with Gasteiger partial charge in [-0.1, -0.05) is 12.1 Å². The molecule has 1 N–H and O–H groups in total. The van der Waals surface area contributed by atoms with Gasteiger partial charge in [0.05, 0.1) is 36.5 Å². The van der Waals surface area contributed by atoms with E-state index in [0.717, 1.165) is 0 Å². The van der Waals surface area contributed by atoms with Crippen LogP contribution in [0.3, 0.4) is 0 Å². The fraction of sp³-hybridized carbons (Fsp3) is 0.519. The Morgan fingerprint density at radius 1 is 1.03 bits per heavy atom. The zero-order chi connectivity index (χ0) is 29.0. The Labute approximate surface area is 222 Å². The van der Waals surface area contributed by atoms with Crippen LogP contribution < -0.4 is 5.32 Å². The Hall–Kier alpha value is -2.70. The first kappa shape index (κ1) is 30.8. The molecule has 1 aliphatic rings. The summed E-state index contributed by atoms with van der Waals surface area (Å²) >= 11 is 0. The third-order valence-corrected chi connectivity index (χ3v) is 6.86. The van der Waals surface area contributed by atoms with E-state index in [1.54, 1.807) is 19.2 Å². The van der Waals surface area contributed by atoms with Gasteiger partial charge in [0.15, 0.2) is 0 Å². The molecule has 2 aromatic rings. The van der Waals surface area contributed by atoms with Crippen LogP contribution in [0.15, 0.2) is 42.5 Å². The van der Waals surface area contributed by atoms with E-state index in [2.05, 4.69) is 5.32 Å². The third-order valence-electron chi connectivity index (χ3n) is 6.86. The Bertz CT molecular complexity index is 1070. The number of hydrogen-bond acceptors (Lipinski definition) is 4. The number of carbonyl (C=O) groups excluding carboxylic acids is 1. The highest BCUT2D eigenvalue weighted by Crippen LogP contribution is 2.43. The topological polar surface area (TPSA) is 50.8 Å². The SMILES string of the molecule is COCCNC(=O)CN(C)C1CCC(O[C@H](C)c2cc(C(F)(F)F)cc(C(F)(F)F)c2)C1c1ccc(F)cc1. The van der Waals surface area contributed by atoms with Crippen LogP contribution in [0.2, 0.25) is 0 Å². The van der Waals surface area contributed by atoms with E-state index in [0.29, 0.717) is 43.7 Å². The summed E-state index contributed by atoms with van der Waals surface area (Å²) in [6.45, 7) is 2.11. The lowest BCUT2D eigenvalue weighted by Crippen LogP contribution is -2.43. The van der Waals surface area contributed by atoms with E-state index in [-0.39, 0.29) is 30.1 Å². The molecule has 1 saturated carbocycles. The van der Waals surface area contributed by atoms with E-state index in [9.17, 15) is 35.5 Å². The zero-order valence-electron chi connectivity index (χ0n) is 21.7. The first-order valence-electron chi connectivity index (χ1n) is 12.4. The van der Waals surface area contributed by atoms with Crippen LogP contribution in [0.1, 0.15) is 54.0 Å². The lowest BCUT2D eigenvalue weighted by Gasteiger charge is -2.33. The van der Waals surface area contributed by atoms with Crippen molar-refractivity contribution in [1.29, 1.82) is 0 Å². The number of likely N-dealkylation sites (N-methyl/N-ethyl adjacent to an activating group) is 1. The van der Waals surface area contributed by atoms with Crippen molar-refractivity contribution in [2.24, 2.45) is 0 Å². The van der Waals surface area contributed by atoms with Crippen LogP contribution >= 0.6 is 0 Å². The van der Waals surface area contributed by atoms with Gasteiger partial charge in [-0.2, -0.15) is 26.3 Å². The average Bonchev–Trinajstić information content (AvgIpc) is 3.27. The summed E-state index contributed by atoms with van der Waals surface area (Å²) in [5.41, 5.74) is -2.41. The van der Waals surface area contributed by atoms with Gasteiger partial charge < -0.3 is 14.8 Å². The molecule has 0 saturated heterocycles. The smallest absolute Gasteiger partial charge is 0.383 e. The molecule has 0 bridgehead atoms.